The van der Waals surface area contributed by atoms with Gasteiger partial charge < -0.3 is 5.32 Å². The van der Waals surface area contributed by atoms with Crippen molar-refractivity contribution in [2.75, 3.05) is 13.6 Å². The van der Waals surface area contributed by atoms with Crippen molar-refractivity contribution >= 4 is 0 Å². The number of nitrogens with zero attached hydrogens (tertiary/aromatic N) is 2. The molecule has 0 aliphatic rings. The van der Waals surface area contributed by atoms with Crippen LogP contribution in [0.1, 0.15) is 12.5 Å². The van der Waals surface area contributed by atoms with E-state index in [1.54, 1.807) is 6.33 Å². The third kappa shape index (κ3) is 2.96. The van der Waals surface area contributed by atoms with Crippen LogP contribution in [0.4, 0.5) is 0 Å². The Labute approximate surface area is 73.2 Å². The fourth-order valence-corrected chi connectivity index (χ4v) is 1.26. The van der Waals surface area contributed by atoms with Gasteiger partial charge in [0.05, 0.1) is 0 Å². The first-order valence-corrected chi connectivity index (χ1v) is 4.21. The molecule has 0 bridgehead atoms. The minimum atomic E-state index is 0.640. The molecular weight excluding hydrogens is 150 g/mol. The zero-order chi connectivity index (χ0) is 8.81. The van der Waals surface area contributed by atoms with Crippen molar-refractivity contribution < 1.29 is 0 Å². The van der Waals surface area contributed by atoms with Gasteiger partial charge >= 0.3 is 0 Å². The second-order valence-electron chi connectivity index (χ2n) is 3.11. The summed E-state index contributed by atoms with van der Waals surface area (Å²) in [5, 5.41) is 3.15. The van der Waals surface area contributed by atoms with E-state index in [4.69, 9.17) is 0 Å². The first kappa shape index (κ1) is 9.13. The molecule has 12 heavy (non-hydrogen) atoms. The van der Waals surface area contributed by atoms with Gasteiger partial charge in [-0.2, -0.15) is 0 Å². The van der Waals surface area contributed by atoms with Crippen molar-refractivity contribution in [2.45, 2.75) is 13.3 Å². The molecule has 0 aliphatic heterocycles. The van der Waals surface area contributed by atoms with Crippen LogP contribution < -0.4 is 5.32 Å². The minimum absolute atomic E-state index is 0.640. The summed E-state index contributed by atoms with van der Waals surface area (Å²) >= 11 is 0. The molecule has 0 saturated carbocycles. The summed E-state index contributed by atoms with van der Waals surface area (Å²) < 4.78 is 0. The van der Waals surface area contributed by atoms with Gasteiger partial charge in [-0.3, -0.25) is 0 Å². The predicted molar refractivity (Wildman–Crippen MR) is 48.8 cm³/mol. The van der Waals surface area contributed by atoms with Crippen LogP contribution in [0.5, 0.6) is 0 Å². The molecule has 0 radical (unpaired) electrons. The van der Waals surface area contributed by atoms with Crippen molar-refractivity contribution in [3.63, 3.8) is 0 Å². The van der Waals surface area contributed by atoms with Gasteiger partial charge in [0.1, 0.15) is 6.33 Å². The maximum Gasteiger partial charge on any atom is 0.115 e. The van der Waals surface area contributed by atoms with Crippen LogP contribution in [-0.4, -0.2) is 23.6 Å². The Morgan fingerprint density at radius 1 is 1.42 bits per heavy atom. The summed E-state index contributed by atoms with van der Waals surface area (Å²) in [5.41, 5.74) is 1.21. The average molecular weight is 165 g/mol. The molecule has 3 nitrogen and oxygen atoms in total. The van der Waals surface area contributed by atoms with Gasteiger partial charge in [0, 0.05) is 12.4 Å². The fourth-order valence-electron chi connectivity index (χ4n) is 1.26. The zero-order valence-corrected chi connectivity index (χ0v) is 7.62. The maximum atomic E-state index is 3.97. The molecule has 1 aromatic heterocycles. The van der Waals surface area contributed by atoms with Crippen LogP contribution in [-0.2, 0) is 6.42 Å². The van der Waals surface area contributed by atoms with Gasteiger partial charge in [0.25, 0.3) is 0 Å². The number of nitrogens with one attached hydrogen (secondary N) is 1. The lowest BCUT2D eigenvalue weighted by atomic mass is 10.0. The van der Waals surface area contributed by atoms with Crippen molar-refractivity contribution in [2.24, 2.45) is 5.92 Å². The Kier molecular flexibility index (Phi) is 3.67. The molecule has 0 aliphatic carbocycles. The highest BCUT2D eigenvalue weighted by atomic mass is 14.8. The molecule has 66 valence electrons. The van der Waals surface area contributed by atoms with Crippen molar-refractivity contribution in [1.82, 2.24) is 15.3 Å². The molecule has 1 rings (SSSR count). The molecule has 1 N–H and O–H groups in total. The van der Waals surface area contributed by atoms with E-state index in [2.05, 4.69) is 22.2 Å². The fraction of sp³-hybridized carbons (Fsp3) is 0.556. The van der Waals surface area contributed by atoms with Crippen LogP contribution >= 0.6 is 0 Å². The number of hydrogen-bond donors (Lipinski definition) is 1. The van der Waals surface area contributed by atoms with E-state index >= 15 is 0 Å². The van der Waals surface area contributed by atoms with Gasteiger partial charge in [-0.05, 0) is 31.5 Å². The van der Waals surface area contributed by atoms with Crippen molar-refractivity contribution in [1.29, 1.82) is 0 Å². The molecule has 3 heteroatoms. The standard InChI is InChI=1S/C9H15N3/c1-8(4-10-2)3-9-5-11-7-12-6-9/h5-8,10H,3-4H2,1-2H3. The van der Waals surface area contributed by atoms with Crippen LogP contribution in [0.3, 0.4) is 0 Å². The van der Waals surface area contributed by atoms with Crippen LogP contribution in [0.15, 0.2) is 18.7 Å². The van der Waals surface area contributed by atoms with Crippen LogP contribution in [0.25, 0.3) is 0 Å². The van der Waals surface area contributed by atoms with E-state index in [1.165, 1.54) is 5.56 Å². The normalized spacial score (nSPS) is 12.8. The smallest absolute Gasteiger partial charge is 0.115 e. The zero-order valence-electron chi connectivity index (χ0n) is 7.62. The quantitative estimate of drug-likeness (QED) is 0.719. The second kappa shape index (κ2) is 4.83. The number of rotatable bonds is 4. The summed E-state index contributed by atoms with van der Waals surface area (Å²) in [6, 6.07) is 0. The molecule has 1 unspecified atom stereocenters. The predicted octanol–water partition coefficient (Wildman–Crippen LogP) is 0.875. The SMILES string of the molecule is CNCC(C)Cc1cncnc1. The van der Waals surface area contributed by atoms with Crippen LogP contribution in [0, 0.1) is 5.92 Å². The van der Waals surface area contributed by atoms with Crippen molar-refractivity contribution in [3.05, 3.63) is 24.3 Å². The Morgan fingerprint density at radius 2 is 2.08 bits per heavy atom. The first-order valence-electron chi connectivity index (χ1n) is 4.21. The van der Waals surface area contributed by atoms with E-state index in [9.17, 15) is 0 Å². The first-order chi connectivity index (χ1) is 5.83. The lowest BCUT2D eigenvalue weighted by Crippen LogP contribution is -2.18. The van der Waals surface area contributed by atoms with E-state index in [0.717, 1.165) is 13.0 Å². The van der Waals surface area contributed by atoms with E-state index in [-0.39, 0.29) is 0 Å². The summed E-state index contributed by atoms with van der Waals surface area (Å²) in [6.45, 7) is 3.25. The summed E-state index contributed by atoms with van der Waals surface area (Å²) in [5.74, 6) is 0.640. The third-order valence-electron chi connectivity index (χ3n) is 1.75. The lowest BCUT2D eigenvalue weighted by molar-refractivity contribution is 0.540. The molecule has 0 aromatic carbocycles. The molecule has 1 atom stereocenters. The van der Waals surface area contributed by atoms with Crippen LogP contribution in [0.2, 0.25) is 0 Å². The van der Waals surface area contributed by atoms with E-state index < -0.39 is 0 Å². The Morgan fingerprint density at radius 3 is 2.67 bits per heavy atom. The van der Waals surface area contributed by atoms with Gasteiger partial charge in [0.15, 0.2) is 0 Å². The van der Waals surface area contributed by atoms with E-state index in [0.29, 0.717) is 5.92 Å². The second-order valence-corrected chi connectivity index (χ2v) is 3.11. The maximum absolute atomic E-state index is 3.97. The average Bonchev–Trinajstić information content (AvgIpc) is 2.06. The molecule has 0 spiro atoms. The summed E-state index contributed by atoms with van der Waals surface area (Å²) in [6.07, 6.45) is 6.35. The highest BCUT2D eigenvalue weighted by molar-refractivity contribution is 5.03. The molecule has 1 heterocycles. The molecule has 0 saturated heterocycles. The Hall–Kier alpha value is -0.960. The van der Waals surface area contributed by atoms with Gasteiger partial charge in [-0.1, -0.05) is 6.92 Å². The highest BCUT2D eigenvalue weighted by Crippen LogP contribution is 2.03. The number of aromatic nitrogens is 2. The largest absolute Gasteiger partial charge is 0.319 e. The monoisotopic (exact) mass is 165 g/mol. The molecular formula is C9H15N3. The highest BCUT2D eigenvalue weighted by Gasteiger charge is 2.01. The van der Waals surface area contributed by atoms with Gasteiger partial charge in [-0.25, -0.2) is 9.97 Å². The number of hydrogen-bond acceptors (Lipinski definition) is 3. The Bertz CT molecular complexity index is 210. The molecule has 1 aromatic rings. The summed E-state index contributed by atoms with van der Waals surface area (Å²) in [7, 11) is 1.97. The molecule has 0 amide bonds. The van der Waals surface area contributed by atoms with Gasteiger partial charge in [-0.15, -0.1) is 0 Å². The van der Waals surface area contributed by atoms with Crippen molar-refractivity contribution in [3.8, 4) is 0 Å². The molecule has 0 fully saturated rings. The van der Waals surface area contributed by atoms with E-state index in [1.807, 2.05) is 19.4 Å². The summed E-state index contributed by atoms with van der Waals surface area (Å²) in [4.78, 5) is 7.93. The lowest BCUT2D eigenvalue weighted by Gasteiger charge is -2.08. The topological polar surface area (TPSA) is 37.8 Å². The minimum Gasteiger partial charge on any atom is -0.319 e. The third-order valence-corrected chi connectivity index (χ3v) is 1.75. The van der Waals surface area contributed by atoms with Gasteiger partial charge in [0.2, 0.25) is 0 Å². The Balaban J connectivity index is 2.41.